The molecule has 3 amide bonds. The van der Waals surface area contributed by atoms with Gasteiger partial charge in [0.15, 0.2) is 0 Å². The maximum Gasteiger partial charge on any atom is 0.307 e. The maximum atomic E-state index is 11.7. The topological polar surface area (TPSA) is 110 Å². The fraction of sp³-hybridized carbons (Fsp3) is 0.100. The van der Waals surface area contributed by atoms with Crippen molar-refractivity contribution in [2.75, 3.05) is 5.75 Å². The highest BCUT2D eigenvalue weighted by Gasteiger charge is 2.31. The molecule has 19 heavy (non-hydrogen) atoms. The van der Waals surface area contributed by atoms with Crippen LogP contribution in [0.1, 0.15) is 10.4 Å². The van der Waals surface area contributed by atoms with Crippen LogP contribution in [0.25, 0.3) is 0 Å². The summed E-state index contributed by atoms with van der Waals surface area (Å²) in [5.41, 5.74) is 2.11. The Bertz CT molecular complexity index is 555. The second-order valence-corrected chi connectivity index (χ2v) is 4.46. The van der Waals surface area contributed by atoms with E-state index in [0.29, 0.717) is 5.01 Å². The minimum Gasteiger partial charge on any atom is -0.272 e. The summed E-state index contributed by atoms with van der Waals surface area (Å²) < 4.78 is 0. The molecule has 8 nitrogen and oxygen atoms in total. The standard InChI is InChI=1S/C10H7N3O5S/c14-8-5-19-10(16)12(8)11-9(15)6-1-3-7(4-2-6)13(17)18/h1-4H,5H2,(H,11,15). The summed E-state index contributed by atoms with van der Waals surface area (Å²) in [6.45, 7) is 0. The molecule has 0 saturated carbocycles. The number of non-ortho nitro benzene ring substituents is 1. The lowest BCUT2D eigenvalue weighted by Gasteiger charge is -2.13. The van der Waals surface area contributed by atoms with Crippen molar-refractivity contribution in [3.05, 3.63) is 39.9 Å². The van der Waals surface area contributed by atoms with Gasteiger partial charge in [-0.3, -0.25) is 29.9 Å². The molecular weight excluding hydrogens is 274 g/mol. The number of imide groups is 1. The number of nitro benzene ring substituents is 1. The summed E-state index contributed by atoms with van der Waals surface area (Å²) in [6, 6.07) is 4.81. The second-order valence-electron chi connectivity index (χ2n) is 3.53. The third kappa shape index (κ3) is 2.71. The third-order valence-corrected chi connectivity index (χ3v) is 3.13. The number of amides is 3. The van der Waals surface area contributed by atoms with Crippen molar-refractivity contribution in [2.24, 2.45) is 0 Å². The molecule has 1 aliphatic rings. The Morgan fingerprint density at radius 1 is 1.32 bits per heavy atom. The zero-order chi connectivity index (χ0) is 14.0. The molecule has 0 aliphatic carbocycles. The van der Waals surface area contributed by atoms with E-state index >= 15 is 0 Å². The Labute approximate surface area is 110 Å². The fourth-order valence-corrected chi connectivity index (χ4v) is 2.02. The SMILES string of the molecule is O=C(NN1C(=O)CSC1=O)c1ccc([N+](=O)[O-])cc1. The number of thioether (sulfide) groups is 1. The molecule has 9 heteroatoms. The molecule has 1 saturated heterocycles. The van der Waals surface area contributed by atoms with Gasteiger partial charge in [-0.25, -0.2) is 0 Å². The van der Waals surface area contributed by atoms with Gasteiger partial charge in [-0.15, -0.1) is 0 Å². The molecule has 0 aromatic heterocycles. The first-order valence-electron chi connectivity index (χ1n) is 5.04. The summed E-state index contributed by atoms with van der Waals surface area (Å²) in [5, 5.41) is 10.5. The van der Waals surface area contributed by atoms with Crippen LogP contribution >= 0.6 is 11.8 Å². The van der Waals surface area contributed by atoms with Crippen molar-refractivity contribution in [3.8, 4) is 0 Å². The first-order chi connectivity index (χ1) is 8.99. The monoisotopic (exact) mass is 281 g/mol. The number of hydrogen-bond acceptors (Lipinski definition) is 6. The quantitative estimate of drug-likeness (QED) is 0.652. The van der Waals surface area contributed by atoms with E-state index in [0.717, 1.165) is 23.9 Å². The van der Waals surface area contributed by atoms with Crippen LogP contribution in [-0.4, -0.2) is 32.7 Å². The summed E-state index contributed by atoms with van der Waals surface area (Å²) >= 11 is 0.790. The van der Waals surface area contributed by atoms with Crippen molar-refractivity contribution in [1.82, 2.24) is 10.4 Å². The average molecular weight is 281 g/mol. The third-order valence-electron chi connectivity index (χ3n) is 2.30. The van der Waals surface area contributed by atoms with Crippen molar-refractivity contribution >= 4 is 34.5 Å². The molecule has 2 rings (SSSR count). The Hall–Kier alpha value is -2.42. The molecule has 1 aliphatic heterocycles. The summed E-state index contributed by atoms with van der Waals surface area (Å²) in [7, 11) is 0. The van der Waals surface area contributed by atoms with Gasteiger partial charge in [0.05, 0.1) is 10.7 Å². The minimum absolute atomic E-state index is 0.0145. The highest BCUT2D eigenvalue weighted by Crippen LogP contribution is 2.17. The molecule has 1 heterocycles. The Morgan fingerprint density at radius 3 is 2.42 bits per heavy atom. The van der Waals surface area contributed by atoms with Gasteiger partial charge < -0.3 is 0 Å². The number of carbonyl (C=O) groups excluding carboxylic acids is 3. The Balaban J connectivity index is 2.09. The number of nitro groups is 1. The first kappa shape index (κ1) is 13.0. The van der Waals surface area contributed by atoms with Crippen LogP contribution in [0.3, 0.4) is 0 Å². The van der Waals surface area contributed by atoms with E-state index < -0.39 is 22.0 Å². The zero-order valence-corrected chi connectivity index (χ0v) is 10.2. The van der Waals surface area contributed by atoms with Gasteiger partial charge in [0.25, 0.3) is 17.5 Å². The lowest BCUT2D eigenvalue weighted by Crippen LogP contribution is -2.45. The Morgan fingerprint density at radius 2 is 1.95 bits per heavy atom. The van der Waals surface area contributed by atoms with Crippen LogP contribution in [0.2, 0.25) is 0 Å². The maximum absolute atomic E-state index is 11.7. The second kappa shape index (κ2) is 5.06. The largest absolute Gasteiger partial charge is 0.307 e. The molecule has 1 N–H and O–H groups in total. The van der Waals surface area contributed by atoms with E-state index in [1.54, 1.807) is 0 Å². The zero-order valence-electron chi connectivity index (χ0n) is 9.36. The molecule has 1 aromatic rings. The van der Waals surface area contributed by atoms with Crippen molar-refractivity contribution < 1.29 is 19.3 Å². The molecular formula is C10H7N3O5S. The van der Waals surface area contributed by atoms with E-state index in [-0.39, 0.29) is 17.0 Å². The molecule has 0 atom stereocenters. The lowest BCUT2D eigenvalue weighted by molar-refractivity contribution is -0.384. The normalized spacial score (nSPS) is 14.6. The fourth-order valence-electron chi connectivity index (χ4n) is 1.36. The van der Waals surface area contributed by atoms with Crippen LogP contribution < -0.4 is 5.43 Å². The number of hydrogen-bond donors (Lipinski definition) is 1. The highest BCUT2D eigenvalue weighted by atomic mass is 32.2. The van der Waals surface area contributed by atoms with Crippen molar-refractivity contribution in [2.45, 2.75) is 0 Å². The molecule has 1 aromatic carbocycles. The number of carbonyl (C=O) groups is 3. The van der Waals surface area contributed by atoms with Gasteiger partial charge in [-0.05, 0) is 12.1 Å². The first-order valence-corrected chi connectivity index (χ1v) is 6.03. The summed E-state index contributed by atoms with van der Waals surface area (Å²) in [6.07, 6.45) is 0. The van der Waals surface area contributed by atoms with Crippen molar-refractivity contribution in [3.63, 3.8) is 0 Å². The van der Waals surface area contributed by atoms with E-state index in [4.69, 9.17) is 0 Å². The van der Waals surface area contributed by atoms with E-state index in [2.05, 4.69) is 5.43 Å². The molecule has 0 spiro atoms. The van der Waals surface area contributed by atoms with Gasteiger partial charge in [0.2, 0.25) is 0 Å². The van der Waals surface area contributed by atoms with Crippen LogP contribution in [0.4, 0.5) is 10.5 Å². The Kier molecular flexibility index (Phi) is 3.47. The van der Waals surface area contributed by atoms with Gasteiger partial charge in [0, 0.05) is 17.7 Å². The predicted octanol–water partition coefficient (Wildman–Crippen LogP) is 0.935. The van der Waals surface area contributed by atoms with E-state index in [1.807, 2.05) is 0 Å². The molecule has 98 valence electrons. The number of hydrazine groups is 1. The number of nitrogens with one attached hydrogen (secondary N) is 1. The number of nitrogens with zero attached hydrogens (tertiary/aromatic N) is 2. The number of benzene rings is 1. The highest BCUT2D eigenvalue weighted by molar-refractivity contribution is 8.14. The van der Waals surface area contributed by atoms with Crippen LogP contribution in [0.15, 0.2) is 24.3 Å². The lowest BCUT2D eigenvalue weighted by atomic mass is 10.2. The van der Waals surface area contributed by atoms with E-state index in [1.165, 1.54) is 12.1 Å². The smallest absolute Gasteiger partial charge is 0.272 e. The molecule has 0 bridgehead atoms. The van der Waals surface area contributed by atoms with Gasteiger partial charge in [-0.2, -0.15) is 5.01 Å². The van der Waals surface area contributed by atoms with Crippen molar-refractivity contribution in [1.29, 1.82) is 0 Å². The van der Waals surface area contributed by atoms with Gasteiger partial charge >= 0.3 is 5.24 Å². The number of rotatable bonds is 3. The van der Waals surface area contributed by atoms with Gasteiger partial charge in [0.1, 0.15) is 0 Å². The average Bonchev–Trinajstić information content (AvgIpc) is 2.70. The van der Waals surface area contributed by atoms with Crippen LogP contribution in [-0.2, 0) is 4.79 Å². The van der Waals surface area contributed by atoms with Crippen LogP contribution in [0, 0.1) is 10.1 Å². The predicted molar refractivity (Wildman–Crippen MR) is 65.3 cm³/mol. The molecule has 0 radical (unpaired) electrons. The molecule has 1 fully saturated rings. The summed E-state index contributed by atoms with van der Waals surface area (Å²) in [5.74, 6) is -1.20. The minimum atomic E-state index is -0.681. The summed E-state index contributed by atoms with van der Waals surface area (Å²) in [4.78, 5) is 44.1. The molecule has 0 unspecified atom stereocenters. The van der Waals surface area contributed by atoms with Crippen LogP contribution in [0.5, 0.6) is 0 Å². The van der Waals surface area contributed by atoms with E-state index in [9.17, 15) is 24.5 Å². The van der Waals surface area contributed by atoms with Gasteiger partial charge in [-0.1, -0.05) is 11.8 Å².